The third kappa shape index (κ3) is 10.4. The summed E-state index contributed by atoms with van der Waals surface area (Å²) in [6.45, 7) is 1.73. The zero-order valence-corrected chi connectivity index (χ0v) is 25.5. The van der Waals surface area contributed by atoms with Crippen molar-refractivity contribution in [1.82, 2.24) is 5.32 Å². The highest BCUT2D eigenvalue weighted by Gasteiger charge is 2.55. The number of rotatable bonds is 3. The Hall–Kier alpha value is -2.76. The lowest BCUT2D eigenvalue weighted by Gasteiger charge is -2.44. The number of aliphatic carboxylic acids is 1. The summed E-state index contributed by atoms with van der Waals surface area (Å²) < 4.78 is 22.8. The summed E-state index contributed by atoms with van der Waals surface area (Å²) in [6.07, 6.45) is 4.45. The van der Waals surface area contributed by atoms with Crippen molar-refractivity contribution in [2.75, 3.05) is 0 Å². The molecule has 3 saturated heterocycles. The standard InChI is InChI=1S/C32H45NO13/c1-18-10-7-5-3-2-4-6-8-13-21(44-31-28(39)27(38)26-29(33-26)45-31)15-23-25(30(40)41)22(36)17-32(42,46-23)16-20(35)12-9-11-19(34)14-24(37)43-18/h2-9,11,13,18-23,25-29,31,33-36,38-39,42H,10,12,14-17H2,1H3,(H,40,41)/b3-2+,6-4+,7-5+,11-9+,13-8+/t18-,19+,20+,21+,22+,23+,25-,26?,27?,28?,29+,31-,32-/m1/s1. The Kier molecular flexibility index (Phi) is 12.8. The molecule has 4 aliphatic rings. The van der Waals surface area contributed by atoms with E-state index in [1.54, 1.807) is 49.5 Å². The predicted molar refractivity (Wildman–Crippen MR) is 160 cm³/mol. The second kappa shape index (κ2) is 16.4. The van der Waals surface area contributed by atoms with Crippen molar-refractivity contribution in [3.63, 3.8) is 0 Å². The molecule has 0 aromatic carbocycles. The summed E-state index contributed by atoms with van der Waals surface area (Å²) in [5, 5.41) is 76.7. The molecule has 0 saturated carbocycles. The summed E-state index contributed by atoms with van der Waals surface area (Å²) in [7, 11) is 0. The zero-order valence-electron chi connectivity index (χ0n) is 25.5. The van der Waals surface area contributed by atoms with Crippen LogP contribution in [-0.2, 0) is 28.5 Å². The van der Waals surface area contributed by atoms with Gasteiger partial charge in [0.1, 0.15) is 30.5 Å². The van der Waals surface area contributed by atoms with Crippen LogP contribution in [0.15, 0.2) is 60.8 Å². The van der Waals surface area contributed by atoms with E-state index in [-0.39, 0.29) is 19.3 Å². The van der Waals surface area contributed by atoms with E-state index in [9.17, 15) is 45.3 Å². The fourth-order valence-corrected chi connectivity index (χ4v) is 5.78. The first-order chi connectivity index (χ1) is 21.8. The number of esters is 1. The fourth-order valence-electron chi connectivity index (χ4n) is 5.78. The second-order valence-corrected chi connectivity index (χ2v) is 12.2. The van der Waals surface area contributed by atoms with Crippen LogP contribution in [0.5, 0.6) is 0 Å². The molecule has 256 valence electrons. The molecule has 4 rings (SSSR count). The molecule has 13 atom stereocenters. The third-order valence-corrected chi connectivity index (χ3v) is 8.14. The molecule has 3 fully saturated rings. The van der Waals surface area contributed by atoms with E-state index < -0.39 is 104 Å². The molecule has 0 aliphatic carbocycles. The number of carbonyl (C=O) groups excluding carboxylic acids is 1. The number of allylic oxidation sites excluding steroid dienone is 6. The van der Waals surface area contributed by atoms with Crippen molar-refractivity contribution in [2.24, 2.45) is 5.92 Å². The first-order valence-corrected chi connectivity index (χ1v) is 15.5. The van der Waals surface area contributed by atoms with Gasteiger partial charge < -0.3 is 54.7 Å². The van der Waals surface area contributed by atoms with Crippen molar-refractivity contribution in [1.29, 1.82) is 0 Å². The van der Waals surface area contributed by atoms with Crippen LogP contribution in [0.4, 0.5) is 0 Å². The van der Waals surface area contributed by atoms with Gasteiger partial charge in [0.05, 0.1) is 43.0 Å². The number of aliphatic hydroxyl groups is 6. The first kappa shape index (κ1) is 36.1. The Balaban J connectivity index is 1.57. The average Bonchev–Trinajstić information content (AvgIpc) is 3.73. The monoisotopic (exact) mass is 651 g/mol. The zero-order chi connectivity index (χ0) is 33.4. The van der Waals surface area contributed by atoms with Gasteiger partial charge in [0.25, 0.3) is 0 Å². The van der Waals surface area contributed by atoms with Crippen molar-refractivity contribution >= 4 is 11.9 Å². The molecule has 3 unspecified atom stereocenters. The number of fused-ring (bicyclic) bond motifs is 3. The minimum Gasteiger partial charge on any atom is -0.481 e. The van der Waals surface area contributed by atoms with Crippen molar-refractivity contribution in [2.45, 2.75) is 119 Å². The lowest BCUT2D eigenvalue weighted by Crippen LogP contribution is -2.56. The van der Waals surface area contributed by atoms with E-state index in [1.165, 1.54) is 12.2 Å². The average molecular weight is 652 g/mol. The maximum atomic E-state index is 12.2. The maximum Gasteiger partial charge on any atom is 0.311 e. The van der Waals surface area contributed by atoms with Crippen LogP contribution in [0.2, 0.25) is 0 Å². The first-order valence-electron chi connectivity index (χ1n) is 15.5. The topological polar surface area (TPSA) is 235 Å². The van der Waals surface area contributed by atoms with Crippen LogP contribution in [0, 0.1) is 5.92 Å². The van der Waals surface area contributed by atoms with E-state index in [4.69, 9.17) is 18.9 Å². The van der Waals surface area contributed by atoms with Crippen LogP contribution in [0.1, 0.15) is 45.4 Å². The van der Waals surface area contributed by atoms with Crippen LogP contribution in [0.25, 0.3) is 0 Å². The molecule has 14 heteroatoms. The highest BCUT2D eigenvalue weighted by Crippen LogP contribution is 2.38. The number of carboxylic acids is 1. The number of nitrogens with one attached hydrogen (secondary N) is 1. The molecule has 0 radical (unpaired) electrons. The molecule has 8 N–H and O–H groups in total. The molecular weight excluding hydrogens is 606 g/mol. The number of aliphatic hydroxyl groups excluding tert-OH is 5. The van der Waals surface area contributed by atoms with E-state index in [2.05, 4.69) is 5.32 Å². The molecule has 0 aromatic heterocycles. The lowest BCUT2D eigenvalue weighted by molar-refractivity contribution is -0.304. The predicted octanol–water partition coefficient (Wildman–Crippen LogP) is -0.315. The van der Waals surface area contributed by atoms with E-state index >= 15 is 0 Å². The molecule has 14 nitrogen and oxygen atoms in total. The van der Waals surface area contributed by atoms with Gasteiger partial charge >= 0.3 is 11.9 Å². The van der Waals surface area contributed by atoms with Gasteiger partial charge in [0.15, 0.2) is 12.1 Å². The highest BCUT2D eigenvalue weighted by atomic mass is 16.7. The van der Waals surface area contributed by atoms with Gasteiger partial charge in [0, 0.05) is 25.7 Å². The van der Waals surface area contributed by atoms with Gasteiger partial charge in [-0.05, 0) is 13.3 Å². The SMILES string of the molecule is C[C@@H]1C/C=C/C=C/C=C/C=C/[C@H](O[C@@H]2O[C@@H]3NC3C(O)C2O)C[C@@H]2O[C@](O)(C[C@@H](O)C/C=C/[C@H](O)CC(=O)O1)C[C@H](O)[C@H]2C(=O)O. The van der Waals surface area contributed by atoms with E-state index in [0.29, 0.717) is 6.42 Å². The summed E-state index contributed by atoms with van der Waals surface area (Å²) in [5.41, 5.74) is 0. The molecule has 4 heterocycles. The number of ether oxygens (including phenoxy) is 4. The van der Waals surface area contributed by atoms with Crippen LogP contribution >= 0.6 is 0 Å². The number of carboxylic acid groups (broad SMARTS) is 1. The molecule has 0 aromatic rings. The Morgan fingerprint density at radius 1 is 0.957 bits per heavy atom. The minimum atomic E-state index is -2.12. The quantitative estimate of drug-likeness (QED) is 0.111. The van der Waals surface area contributed by atoms with Crippen molar-refractivity contribution in [3.8, 4) is 0 Å². The van der Waals surface area contributed by atoms with E-state index in [0.717, 1.165) is 0 Å². The molecular formula is C32H45NO13. The Labute approximate surface area is 266 Å². The summed E-state index contributed by atoms with van der Waals surface area (Å²) in [6, 6.07) is -0.429. The van der Waals surface area contributed by atoms with Crippen LogP contribution in [-0.4, -0.2) is 121 Å². The molecule has 4 aliphatic heterocycles. The Bertz CT molecular complexity index is 1190. The number of carbonyl (C=O) groups is 2. The maximum absolute atomic E-state index is 12.2. The van der Waals surface area contributed by atoms with Gasteiger partial charge in [-0.25, -0.2) is 0 Å². The normalized spacial score (nSPS) is 46.4. The van der Waals surface area contributed by atoms with Gasteiger partial charge in [-0.1, -0.05) is 60.8 Å². The fraction of sp³-hybridized carbons (Fsp3) is 0.625. The second-order valence-electron chi connectivity index (χ2n) is 12.2. The van der Waals surface area contributed by atoms with Gasteiger partial charge in [0.2, 0.25) is 0 Å². The van der Waals surface area contributed by atoms with Gasteiger partial charge in [-0.15, -0.1) is 0 Å². The Morgan fingerprint density at radius 3 is 2.41 bits per heavy atom. The number of hydrogen-bond donors (Lipinski definition) is 8. The molecule has 46 heavy (non-hydrogen) atoms. The molecule has 0 amide bonds. The minimum absolute atomic E-state index is 0.0497. The van der Waals surface area contributed by atoms with E-state index in [1.807, 2.05) is 6.08 Å². The summed E-state index contributed by atoms with van der Waals surface area (Å²) in [5.74, 6) is -5.54. The molecule has 0 spiro atoms. The number of cyclic esters (lactones) is 1. The largest absolute Gasteiger partial charge is 0.481 e. The lowest BCUT2D eigenvalue weighted by atomic mass is 9.83. The summed E-state index contributed by atoms with van der Waals surface area (Å²) in [4.78, 5) is 24.4. The van der Waals surface area contributed by atoms with Gasteiger partial charge in [-0.3, -0.25) is 14.9 Å². The molecule has 2 bridgehead atoms. The van der Waals surface area contributed by atoms with Crippen molar-refractivity contribution in [3.05, 3.63) is 60.8 Å². The van der Waals surface area contributed by atoms with Gasteiger partial charge in [-0.2, -0.15) is 0 Å². The van der Waals surface area contributed by atoms with Crippen molar-refractivity contribution < 1.29 is 64.3 Å². The van der Waals surface area contributed by atoms with Crippen LogP contribution in [0.3, 0.4) is 0 Å². The van der Waals surface area contributed by atoms with Crippen LogP contribution < -0.4 is 5.32 Å². The highest BCUT2D eigenvalue weighted by molar-refractivity contribution is 5.71. The third-order valence-electron chi connectivity index (χ3n) is 8.14. The number of hydrogen-bond acceptors (Lipinski definition) is 13. The Morgan fingerprint density at radius 2 is 1.67 bits per heavy atom. The summed E-state index contributed by atoms with van der Waals surface area (Å²) >= 11 is 0. The smallest absolute Gasteiger partial charge is 0.311 e.